The van der Waals surface area contributed by atoms with E-state index in [0.717, 1.165) is 10.0 Å². The fourth-order valence-corrected chi connectivity index (χ4v) is 2.47. The summed E-state index contributed by atoms with van der Waals surface area (Å²) < 4.78 is 17.0. The minimum Gasteiger partial charge on any atom is -0.490 e. The molecular formula is C17H16BrClO4. The normalized spacial score (nSPS) is 10.3. The first kappa shape index (κ1) is 17.6. The molecule has 0 fully saturated rings. The first-order valence-corrected chi connectivity index (χ1v) is 8.14. The minimum atomic E-state index is -0.479. The molecular weight excluding hydrogens is 384 g/mol. The molecule has 4 nitrogen and oxygen atoms in total. The molecule has 0 saturated heterocycles. The SMILES string of the molecule is CCOc1cc(C(=O)OC)cc(Cl)c1OCc1ccc(Br)cc1. The summed E-state index contributed by atoms with van der Waals surface area (Å²) in [7, 11) is 1.31. The van der Waals surface area contributed by atoms with Crippen LogP contribution in [0, 0.1) is 0 Å². The van der Waals surface area contributed by atoms with Gasteiger partial charge in [0, 0.05) is 4.47 Å². The Balaban J connectivity index is 2.25. The maximum atomic E-state index is 11.7. The van der Waals surface area contributed by atoms with Gasteiger partial charge in [0.25, 0.3) is 0 Å². The number of halogens is 2. The molecule has 122 valence electrons. The molecule has 0 aliphatic carbocycles. The number of benzene rings is 2. The molecule has 2 rings (SSSR count). The summed E-state index contributed by atoms with van der Waals surface area (Å²) in [6.07, 6.45) is 0. The van der Waals surface area contributed by atoms with Crippen molar-refractivity contribution < 1.29 is 19.0 Å². The van der Waals surface area contributed by atoms with Gasteiger partial charge in [-0.15, -0.1) is 0 Å². The maximum absolute atomic E-state index is 11.7. The van der Waals surface area contributed by atoms with Crippen LogP contribution in [0.2, 0.25) is 5.02 Å². The second-order valence-electron chi connectivity index (χ2n) is 4.63. The van der Waals surface area contributed by atoms with Gasteiger partial charge in [-0.1, -0.05) is 39.7 Å². The highest BCUT2D eigenvalue weighted by atomic mass is 79.9. The number of carbonyl (C=O) groups is 1. The molecule has 0 aliphatic heterocycles. The average molecular weight is 400 g/mol. The third-order valence-corrected chi connectivity index (χ3v) is 3.84. The first-order chi connectivity index (χ1) is 11.0. The largest absolute Gasteiger partial charge is 0.490 e. The van der Waals surface area contributed by atoms with Crippen molar-refractivity contribution in [3.63, 3.8) is 0 Å². The smallest absolute Gasteiger partial charge is 0.338 e. The minimum absolute atomic E-state index is 0.300. The van der Waals surface area contributed by atoms with Crippen molar-refractivity contribution in [3.8, 4) is 11.5 Å². The van der Waals surface area contributed by atoms with Crippen LogP contribution in [-0.2, 0) is 11.3 Å². The first-order valence-electron chi connectivity index (χ1n) is 6.97. The van der Waals surface area contributed by atoms with E-state index in [2.05, 4.69) is 15.9 Å². The van der Waals surface area contributed by atoms with E-state index in [9.17, 15) is 4.79 Å². The zero-order valence-corrected chi connectivity index (χ0v) is 15.1. The predicted octanol–water partition coefficient (Wildman–Crippen LogP) is 4.87. The molecule has 2 aromatic rings. The van der Waals surface area contributed by atoms with Gasteiger partial charge in [0.1, 0.15) is 6.61 Å². The summed E-state index contributed by atoms with van der Waals surface area (Å²) in [5.74, 6) is 0.342. The highest BCUT2D eigenvalue weighted by molar-refractivity contribution is 9.10. The molecule has 0 spiro atoms. The third-order valence-electron chi connectivity index (χ3n) is 3.03. The van der Waals surface area contributed by atoms with Crippen molar-refractivity contribution in [2.24, 2.45) is 0 Å². The second-order valence-corrected chi connectivity index (χ2v) is 5.95. The topological polar surface area (TPSA) is 44.8 Å². The monoisotopic (exact) mass is 398 g/mol. The Morgan fingerprint density at radius 1 is 1.17 bits per heavy atom. The summed E-state index contributed by atoms with van der Waals surface area (Å²) in [5, 5.41) is 0.300. The molecule has 0 amide bonds. The average Bonchev–Trinajstić information content (AvgIpc) is 2.55. The van der Waals surface area contributed by atoms with E-state index in [0.29, 0.717) is 35.3 Å². The van der Waals surface area contributed by atoms with Crippen LogP contribution in [0.3, 0.4) is 0 Å². The zero-order valence-electron chi connectivity index (χ0n) is 12.8. The number of hydrogen-bond donors (Lipinski definition) is 0. The van der Waals surface area contributed by atoms with E-state index in [1.165, 1.54) is 13.2 Å². The van der Waals surface area contributed by atoms with E-state index in [4.69, 9.17) is 25.8 Å². The predicted molar refractivity (Wildman–Crippen MR) is 92.4 cm³/mol. The van der Waals surface area contributed by atoms with Crippen molar-refractivity contribution in [1.82, 2.24) is 0 Å². The molecule has 0 unspecified atom stereocenters. The molecule has 0 saturated carbocycles. The number of ether oxygens (including phenoxy) is 3. The van der Waals surface area contributed by atoms with Crippen LogP contribution in [-0.4, -0.2) is 19.7 Å². The lowest BCUT2D eigenvalue weighted by molar-refractivity contribution is 0.0600. The fourth-order valence-electron chi connectivity index (χ4n) is 1.94. The van der Waals surface area contributed by atoms with Gasteiger partial charge in [0.2, 0.25) is 0 Å². The summed E-state index contributed by atoms with van der Waals surface area (Å²) in [6.45, 7) is 2.61. The number of carbonyl (C=O) groups excluding carboxylic acids is 1. The van der Waals surface area contributed by atoms with Crippen molar-refractivity contribution in [2.45, 2.75) is 13.5 Å². The summed E-state index contributed by atoms with van der Waals surface area (Å²) in [5.41, 5.74) is 1.31. The Morgan fingerprint density at radius 3 is 2.48 bits per heavy atom. The van der Waals surface area contributed by atoms with Crippen LogP contribution < -0.4 is 9.47 Å². The van der Waals surface area contributed by atoms with Gasteiger partial charge >= 0.3 is 5.97 Å². The quantitative estimate of drug-likeness (QED) is 0.650. The van der Waals surface area contributed by atoms with E-state index >= 15 is 0 Å². The Hall–Kier alpha value is -1.72. The van der Waals surface area contributed by atoms with Gasteiger partial charge in [0.15, 0.2) is 11.5 Å². The maximum Gasteiger partial charge on any atom is 0.338 e. The second kappa shape index (κ2) is 8.22. The molecule has 2 aromatic carbocycles. The fraction of sp³-hybridized carbons (Fsp3) is 0.235. The highest BCUT2D eigenvalue weighted by Crippen LogP contribution is 2.37. The lowest BCUT2D eigenvalue weighted by Crippen LogP contribution is -2.05. The molecule has 0 atom stereocenters. The van der Waals surface area contributed by atoms with Gasteiger partial charge in [-0.2, -0.15) is 0 Å². The lowest BCUT2D eigenvalue weighted by atomic mass is 10.2. The molecule has 0 heterocycles. The number of rotatable bonds is 6. The number of methoxy groups -OCH3 is 1. The van der Waals surface area contributed by atoms with Crippen LogP contribution in [0.1, 0.15) is 22.8 Å². The molecule has 0 aromatic heterocycles. The molecule has 23 heavy (non-hydrogen) atoms. The van der Waals surface area contributed by atoms with E-state index in [-0.39, 0.29) is 0 Å². The van der Waals surface area contributed by atoms with Crippen LogP contribution >= 0.6 is 27.5 Å². The van der Waals surface area contributed by atoms with Crippen LogP contribution in [0.25, 0.3) is 0 Å². The summed E-state index contributed by atoms with van der Waals surface area (Å²) in [6, 6.07) is 10.8. The number of hydrogen-bond acceptors (Lipinski definition) is 4. The van der Waals surface area contributed by atoms with Crippen LogP contribution in [0.5, 0.6) is 11.5 Å². The third kappa shape index (κ3) is 4.62. The zero-order chi connectivity index (χ0) is 16.8. The van der Waals surface area contributed by atoms with E-state index in [1.54, 1.807) is 6.07 Å². The summed E-state index contributed by atoms with van der Waals surface area (Å²) in [4.78, 5) is 11.7. The standard InChI is InChI=1S/C17H16BrClO4/c1-3-22-15-9-12(17(20)21-2)8-14(19)16(15)23-10-11-4-6-13(18)7-5-11/h4-9H,3,10H2,1-2H3. The molecule has 0 N–H and O–H groups in total. The molecule has 0 bridgehead atoms. The lowest BCUT2D eigenvalue weighted by Gasteiger charge is -2.15. The highest BCUT2D eigenvalue weighted by Gasteiger charge is 2.16. The van der Waals surface area contributed by atoms with Gasteiger partial charge < -0.3 is 14.2 Å². The van der Waals surface area contributed by atoms with E-state index in [1.807, 2.05) is 31.2 Å². The van der Waals surface area contributed by atoms with Crippen molar-refractivity contribution in [1.29, 1.82) is 0 Å². The van der Waals surface area contributed by atoms with Crippen molar-refractivity contribution in [2.75, 3.05) is 13.7 Å². The molecule has 0 aliphatic rings. The van der Waals surface area contributed by atoms with Gasteiger partial charge in [-0.3, -0.25) is 0 Å². The van der Waals surface area contributed by atoms with Gasteiger partial charge in [-0.05, 0) is 36.8 Å². The Labute approximate surface area is 148 Å². The van der Waals surface area contributed by atoms with Crippen LogP contribution in [0.4, 0.5) is 0 Å². The van der Waals surface area contributed by atoms with Crippen molar-refractivity contribution in [3.05, 3.63) is 57.0 Å². The Kier molecular flexibility index (Phi) is 6.30. The van der Waals surface area contributed by atoms with Crippen LogP contribution in [0.15, 0.2) is 40.9 Å². The van der Waals surface area contributed by atoms with Crippen molar-refractivity contribution >= 4 is 33.5 Å². The van der Waals surface area contributed by atoms with E-state index < -0.39 is 5.97 Å². The molecule has 6 heteroatoms. The Morgan fingerprint density at radius 2 is 1.87 bits per heavy atom. The Bertz CT molecular complexity index is 686. The summed E-state index contributed by atoms with van der Waals surface area (Å²) >= 11 is 9.63. The van der Waals surface area contributed by atoms with Gasteiger partial charge in [0.05, 0.1) is 24.3 Å². The molecule has 0 radical (unpaired) electrons. The number of esters is 1. The van der Waals surface area contributed by atoms with Gasteiger partial charge in [-0.25, -0.2) is 4.79 Å².